The molecule has 0 aliphatic heterocycles. The molecule has 0 aliphatic carbocycles. The quantitative estimate of drug-likeness (QED) is 0.420. The molecule has 0 unspecified atom stereocenters. The van der Waals surface area contributed by atoms with Crippen LogP contribution in [0.5, 0.6) is 0 Å². The average Bonchev–Trinajstić information content (AvgIpc) is 2.73. The van der Waals surface area contributed by atoms with E-state index >= 15 is 0 Å². The monoisotopic (exact) mass is 268 g/mol. The molecule has 1 heterocycles. The number of guanidine groups is 1. The van der Waals surface area contributed by atoms with E-state index in [2.05, 4.69) is 32.7 Å². The van der Waals surface area contributed by atoms with E-state index in [1.165, 1.54) is 0 Å². The Morgan fingerprint density at radius 3 is 2.63 bits per heavy atom. The normalized spacial score (nSPS) is 11.7. The Bertz CT molecular complexity index is 401. The summed E-state index contributed by atoms with van der Waals surface area (Å²) in [6, 6.07) is 0. The van der Waals surface area contributed by atoms with Gasteiger partial charge in [0.25, 0.3) is 0 Å². The third-order valence-corrected chi connectivity index (χ3v) is 2.70. The molecular weight excluding hydrogens is 244 g/mol. The SMILES string of the molecule is CCCNC(=NCc1nnc(C)n1C)NCCOC. The van der Waals surface area contributed by atoms with Crippen LogP contribution in [0.4, 0.5) is 0 Å². The Hall–Kier alpha value is -1.63. The van der Waals surface area contributed by atoms with Gasteiger partial charge in [0.05, 0.1) is 6.61 Å². The number of ether oxygens (including phenoxy) is 1. The van der Waals surface area contributed by atoms with E-state index < -0.39 is 0 Å². The van der Waals surface area contributed by atoms with Gasteiger partial charge in [0.2, 0.25) is 0 Å². The van der Waals surface area contributed by atoms with E-state index in [0.717, 1.165) is 37.1 Å². The molecule has 7 nitrogen and oxygen atoms in total. The summed E-state index contributed by atoms with van der Waals surface area (Å²) in [5, 5.41) is 14.6. The third kappa shape index (κ3) is 5.25. The van der Waals surface area contributed by atoms with Crippen LogP contribution in [0.2, 0.25) is 0 Å². The van der Waals surface area contributed by atoms with Crippen LogP contribution in [-0.4, -0.2) is 47.5 Å². The smallest absolute Gasteiger partial charge is 0.191 e. The highest BCUT2D eigenvalue weighted by Crippen LogP contribution is 1.98. The summed E-state index contributed by atoms with van der Waals surface area (Å²) in [5.74, 6) is 2.52. The standard InChI is InChI=1S/C12H24N6O/c1-5-6-13-12(14-7-8-19-4)15-9-11-17-16-10(2)18(11)3/h5-9H2,1-4H3,(H2,13,14,15). The van der Waals surface area contributed by atoms with Gasteiger partial charge in [0.1, 0.15) is 12.4 Å². The Morgan fingerprint density at radius 2 is 2.05 bits per heavy atom. The summed E-state index contributed by atoms with van der Waals surface area (Å²) in [5.41, 5.74) is 0. The molecule has 0 amide bonds. The van der Waals surface area contributed by atoms with Gasteiger partial charge < -0.3 is 19.9 Å². The molecule has 0 radical (unpaired) electrons. The second-order valence-corrected chi connectivity index (χ2v) is 4.23. The first-order valence-electron chi connectivity index (χ1n) is 6.55. The lowest BCUT2D eigenvalue weighted by molar-refractivity contribution is 0.203. The van der Waals surface area contributed by atoms with Gasteiger partial charge in [0.15, 0.2) is 11.8 Å². The average molecular weight is 268 g/mol. The van der Waals surface area contributed by atoms with Crippen LogP contribution in [0.1, 0.15) is 25.0 Å². The van der Waals surface area contributed by atoms with Crippen molar-refractivity contribution >= 4 is 5.96 Å². The van der Waals surface area contributed by atoms with Crippen molar-refractivity contribution in [2.24, 2.45) is 12.0 Å². The zero-order valence-corrected chi connectivity index (χ0v) is 12.2. The van der Waals surface area contributed by atoms with Crippen molar-refractivity contribution in [3.05, 3.63) is 11.6 Å². The lowest BCUT2D eigenvalue weighted by Gasteiger charge is -2.11. The molecule has 0 aliphatic rings. The summed E-state index contributed by atoms with van der Waals surface area (Å²) < 4.78 is 6.95. The van der Waals surface area contributed by atoms with E-state index in [1.54, 1.807) is 7.11 Å². The van der Waals surface area contributed by atoms with Crippen molar-refractivity contribution in [3.63, 3.8) is 0 Å². The van der Waals surface area contributed by atoms with Crippen LogP contribution in [0, 0.1) is 6.92 Å². The highest BCUT2D eigenvalue weighted by molar-refractivity contribution is 5.79. The molecule has 0 atom stereocenters. The summed E-state index contributed by atoms with van der Waals surface area (Å²) in [4.78, 5) is 4.49. The number of rotatable bonds is 7. The molecule has 0 aromatic carbocycles. The largest absolute Gasteiger partial charge is 0.383 e. The molecule has 1 aromatic heterocycles. The molecule has 1 aromatic rings. The van der Waals surface area contributed by atoms with Gasteiger partial charge in [-0.2, -0.15) is 0 Å². The molecule has 0 bridgehead atoms. The molecule has 0 saturated carbocycles. The Kier molecular flexibility index (Phi) is 6.88. The number of hydrogen-bond acceptors (Lipinski definition) is 4. The second-order valence-electron chi connectivity index (χ2n) is 4.23. The van der Waals surface area contributed by atoms with Gasteiger partial charge in [-0.3, -0.25) is 0 Å². The van der Waals surface area contributed by atoms with Crippen LogP contribution < -0.4 is 10.6 Å². The van der Waals surface area contributed by atoms with Gasteiger partial charge >= 0.3 is 0 Å². The fourth-order valence-corrected chi connectivity index (χ4v) is 1.43. The van der Waals surface area contributed by atoms with E-state index in [0.29, 0.717) is 13.2 Å². The fourth-order valence-electron chi connectivity index (χ4n) is 1.43. The van der Waals surface area contributed by atoms with E-state index in [1.807, 2.05) is 18.5 Å². The molecule has 7 heteroatoms. The van der Waals surface area contributed by atoms with Gasteiger partial charge in [0, 0.05) is 27.2 Å². The Balaban J connectivity index is 2.57. The lowest BCUT2D eigenvalue weighted by Crippen LogP contribution is -2.39. The molecule has 0 fully saturated rings. The van der Waals surface area contributed by atoms with Crippen molar-refractivity contribution < 1.29 is 4.74 Å². The Morgan fingerprint density at radius 1 is 1.32 bits per heavy atom. The maximum atomic E-state index is 5.01. The highest BCUT2D eigenvalue weighted by atomic mass is 16.5. The van der Waals surface area contributed by atoms with Crippen LogP contribution in [0.25, 0.3) is 0 Å². The van der Waals surface area contributed by atoms with Crippen molar-refractivity contribution in [3.8, 4) is 0 Å². The maximum Gasteiger partial charge on any atom is 0.191 e. The minimum atomic E-state index is 0.503. The molecule has 2 N–H and O–H groups in total. The van der Waals surface area contributed by atoms with E-state index in [-0.39, 0.29) is 0 Å². The summed E-state index contributed by atoms with van der Waals surface area (Å²) in [6.45, 7) is 6.80. The number of hydrogen-bond donors (Lipinski definition) is 2. The van der Waals surface area contributed by atoms with Gasteiger partial charge in [-0.15, -0.1) is 10.2 Å². The fraction of sp³-hybridized carbons (Fsp3) is 0.750. The van der Waals surface area contributed by atoms with Gasteiger partial charge in [-0.05, 0) is 13.3 Å². The molecular formula is C12H24N6O. The van der Waals surface area contributed by atoms with Crippen LogP contribution in [0.3, 0.4) is 0 Å². The van der Waals surface area contributed by atoms with Crippen molar-refractivity contribution in [1.29, 1.82) is 0 Å². The number of nitrogens with one attached hydrogen (secondary N) is 2. The van der Waals surface area contributed by atoms with E-state index in [9.17, 15) is 0 Å². The van der Waals surface area contributed by atoms with Crippen molar-refractivity contribution in [2.75, 3.05) is 26.8 Å². The van der Waals surface area contributed by atoms with Crippen molar-refractivity contribution in [2.45, 2.75) is 26.8 Å². The van der Waals surface area contributed by atoms with E-state index in [4.69, 9.17) is 4.74 Å². The number of aliphatic imine (C=N–C) groups is 1. The third-order valence-electron chi connectivity index (χ3n) is 2.70. The topological polar surface area (TPSA) is 76.4 Å². The first-order chi connectivity index (χ1) is 9.19. The first kappa shape index (κ1) is 15.4. The van der Waals surface area contributed by atoms with Crippen LogP contribution in [-0.2, 0) is 18.3 Å². The first-order valence-corrected chi connectivity index (χ1v) is 6.55. The van der Waals surface area contributed by atoms with Crippen molar-refractivity contribution in [1.82, 2.24) is 25.4 Å². The van der Waals surface area contributed by atoms with Crippen LogP contribution in [0.15, 0.2) is 4.99 Å². The molecule has 19 heavy (non-hydrogen) atoms. The number of aryl methyl sites for hydroxylation is 1. The summed E-state index contributed by atoms with van der Waals surface area (Å²) in [6.07, 6.45) is 1.05. The minimum absolute atomic E-state index is 0.503. The molecule has 0 saturated heterocycles. The zero-order valence-electron chi connectivity index (χ0n) is 12.2. The Labute approximate surface area is 114 Å². The van der Waals surface area contributed by atoms with Crippen LogP contribution >= 0.6 is 0 Å². The highest BCUT2D eigenvalue weighted by Gasteiger charge is 2.04. The molecule has 1 rings (SSSR count). The van der Waals surface area contributed by atoms with Gasteiger partial charge in [-0.25, -0.2) is 4.99 Å². The predicted octanol–water partition coefficient (Wildman–Crippen LogP) is 0.215. The number of methoxy groups -OCH3 is 1. The predicted molar refractivity (Wildman–Crippen MR) is 75.1 cm³/mol. The maximum absolute atomic E-state index is 5.01. The second kappa shape index (κ2) is 8.47. The minimum Gasteiger partial charge on any atom is -0.383 e. The molecule has 0 spiro atoms. The lowest BCUT2D eigenvalue weighted by atomic mass is 10.5. The van der Waals surface area contributed by atoms with Gasteiger partial charge in [-0.1, -0.05) is 6.92 Å². The summed E-state index contributed by atoms with van der Waals surface area (Å²) in [7, 11) is 3.62. The summed E-state index contributed by atoms with van der Waals surface area (Å²) >= 11 is 0. The molecule has 108 valence electrons. The number of aromatic nitrogens is 3. The number of nitrogens with zero attached hydrogens (tertiary/aromatic N) is 4. The zero-order chi connectivity index (χ0) is 14.1.